The highest BCUT2D eigenvalue weighted by Gasteiger charge is 2.20. The molecule has 2 aromatic rings. The van der Waals surface area contributed by atoms with E-state index in [1.807, 2.05) is 12.1 Å². The number of aliphatic hydroxyl groups is 1. The van der Waals surface area contributed by atoms with Crippen LogP contribution in [-0.2, 0) is 11.2 Å². The summed E-state index contributed by atoms with van der Waals surface area (Å²) in [5, 5.41) is 9.66. The smallest absolute Gasteiger partial charge is 0.0921 e. The summed E-state index contributed by atoms with van der Waals surface area (Å²) in [6.45, 7) is 2.60. The zero-order valence-corrected chi connectivity index (χ0v) is 13.0. The van der Waals surface area contributed by atoms with Gasteiger partial charge in [-0.3, -0.25) is 0 Å². The first-order valence-corrected chi connectivity index (χ1v) is 8.33. The van der Waals surface area contributed by atoms with Gasteiger partial charge in [-0.2, -0.15) is 0 Å². The van der Waals surface area contributed by atoms with Gasteiger partial charge in [0.1, 0.15) is 0 Å². The lowest BCUT2D eigenvalue weighted by Crippen LogP contribution is -2.17. The maximum atomic E-state index is 9.66. The Morgan fingerprint density at radius 1 is 1.24 bits per heavy atom. The quantitative estimate of drug-likeness (QED) is 0.860. The first kappa shape index (κ1) is 14.6. The Hall–Kier alpha value is -1.29. The standard InChI is InChI=1S/C18H20O2S/c1-13(19)15-6-4-7-16(11-15)21-12-18-17-8-3-2-5-14(17)9-10-20-18/h2-8,11,13,18-19H,9-10,12H2,1H3. The number of ether oxygens (including phenoxy) is 1. The van der Waals surface area contributed by atoms with E-state index in [9.17, 15) is 5.11 Å². The molecule has 0 spiro atoms. The van der Waals surface area contributed by atoms with Crippen molar-refractivity contribution in [2.45, 2.75) is 30.4 Å². The van der Waals surface area contributed by atoms with Crippen LogP contribution in [0.4, 0.5) is 0 Å². The fourth-order valence-electron chi connectivity index (χ4n) is 2.65. The lowest BCUT2D eigenvalue weighted by Gasteiger charge is -2.25. The number of hydrogen-bond acceptors (Lipinski definition) is 3. The second-order valence-electron chi connectivity index (χ2n) is 5.37. The molecule has 3 heteroatoms. The van der Waals surface area contributed by atoms with Crippen LogP contribution in [-0.4, -0.2) is 17.5 Å². The zero-order chi connectivity index (χ0) is 14.7. The summed E-state index contributed by atoms with van der Waals surface area (Å²) in [6.07, 6.45) is 0.752. The third-order valence-corrected chi connectivity index (χ3v) is 4.89. The molecule has 110 valence electrons. The molecule has 2 unspecified atom stereocenters. The van der Waals surface area contributed by atoms with Gasteiger partial charge in [-0.15, -0.1) is 11.8 Å². The third-order valence-electron chi connectivity index (χ3n) is 3.83. The van der Waals surface area contributed by atoms with Crippen LogP contribution in [0.3, 0.4) is 0 Å². The van der Waals surface area contributed by atoms with E-state index in [-0.39, 0.29) is 6.10 Å². The van der Waals surface area contributed by atoms with Gasteiger partial charge in [0.05, 0.1) is 18.8 Å². The van der Waals surface area contributed by atoms with E-state index >= 15 is 0 Å². The minimum absolute atomic E-state index is 0.162. The van der Waals surface area contributed by atoms with Crippen molar-refractivity contribution in [3.05, 3.63) is 65.2 Å². The highest BCUT2D eigenvalue weighted by molar-refractivity contribution is 7.99. The molecule has 1 heterocycles. The predicted octanol–water partition coefficient (Wildman–Crippen LogP) is 4.15. The summed E-state index contributed by atoms with van der Waals surface area (Å²) < 4.78 is 5.93. The molecule has 1 aliphatic heterocycles. The average Bonchev–Trinajstić information content (AvgIpc) is 2.53. The number of hydrogen-bond donors (Lipinski definition) is 1. The van der Waals surface area contributed by atoms with E-state index in [1.54, 1.807) is 18.7 Å². The van der Waals surface area contributed by atoms with Gasteiger partial charge in [0.2, 0.25) is 0 Å². The second kappa shape index (κ2) is 6.65. The van der Waals surface area contributed by atoms with Crippen molar-refractivity contribution in [3.63, 3.8) is 0 Å². The fourth-order valence-corrected chi connectivity index (χ4v) is 3.66. The molecule has 0 bridgehead atoms. The topological polar surface area (TPSA) is 29.5 Å². The van der Waals surface area contributed by atoms with Crippen molar-refractivity contribution in [1.82, 2.24) is 0 Å². The van der Waals surface area contributed by atoms with Gasteiger partial charge in [-0.25, -0.2) is 0 Å². The van der Waals surface area contributed by atoms with Crippen LogP contribution in [0.25, 0.3) is 0 Å². The number of aliphatic hydroxyl groups excluding tert-OH is 1. The molecule has 0 saturated carbocycles. The van der Waals surface area contributed by atoms with Crippen molar-refractivity contribution >= 4 is 11.8 Å². The Balaban J connectivity index is 1.70. The van der Waals surface area contributed by atoms with Gasteiger partial charge >= 0.3 is 0 Å². The third kappa shape index (κ3) is 3.49. The molecular formula is C18H20O2S. The fraction of sp³-hybridized carbons (Fsp3) is 0.333. The van der Waals surface area contributed by atoms with Gasteiger partial charge in [0.25, 0.3) is 0 Å². The van der Waals surface area contributed by atoms with Crippen LogP contribution in [0.5, 0.6) is 0 Å². The van der Waals surface area contributed by atoms with Crippen LogP contribution < -0.4 is 0 Å². The molecule has 0 aromatic heterocycles. The van der Waals surface area contributed by atoms with E-state index < -0.39 is 6.10 Å². The molecule has 2 nitrogen and oxygen atoms in total. The highest BCUT2D eigenvalue weighted by Crippen LogP contribution is 2.32. The lowest BCUT2D eigenvalue weighted by atomic mass is 9.99. The SMILES string of the molecule is CC(O)c1cccc(SCC2OCCc3ccccc32)c1. The van der Waals surface area contributed by atoms with Crippen LogP contribution >= 0.6 is 11.8 Å². The summed E-state index contributed by atoms with van der Waals surface area (Å²) in [5.74, 6) is 0.903. The first-order valence-electron chi connectivity index (χ1n) is 7.34. The van der Waals surface area contributed by atoms with Gasteiger partial charge < -0.3 is 9.84 Å². The van der Waals surface area contributed by atoms with Crippen molar-refractivity contribution < 1.29 is 9.84 Å². The second-order valence-corrected chi connectivity index (χ2v) is 6.46. The maximum Gasteiger partial charge on any atom is 0.0921 e. The molecule has 3 rings (SSSR count). The molecule has 0 fully saturated rings. The highest BCUT2D eigenvalue weighted by atomic mass is 32.2. The van der Waals surface area contributed by atoms with E-state index in [0.29, 0.717) is 0 Å². The monoisotopic (exact) mass is 300 g/mol. The molecule has 21 heavy (non-hydrogen) atoms. The average molecular weight is 300 g/mol. The molecule has 0 radical (unpaired) electrons. The van der Waals surface area contributed by atoms with Crippen LogP contribution in [0, 0.1) is 0 Å². The normalized spacial score (nSPS) is 19.0. The summed E-state index contributed by atoms with van der Waals surface area (Å²) >= 11 is 1.79. The van der Waals surface area contributed by atoms with E-state index in [1.165, 1.54) is 16.0 Å². The molecule has 0 saturated heterocycles. The molecule has 0 aliphatic carbocycles. The Bertz CT molecular complexity index is 610. The van der Waals surface area contributed by atoms with Crippen LogP contribution in [0.15, 0.2) is 53.4 Å². The van der Waals surface area contributed by atoms with E-state index in [0.717, 1.165) is 24.3 Å². The van der Waals surface area contributed by atoms with E-state index in [2.05, 4.69) is 36.4 Å². The summed E-state index contributed by atoms with van der Waals surface area (Å²) in [4.78, 5) is 1.18. The number of benzene rings is 2. The van der Waals surface area contributed by atoms with Crippen LogP contribution in [0.2, 0.25) is 0 Å². The Morgan fingerprint density at radius 3 is 2.95 bits per heavy atom. The molecule has 1 N–H and O–H groups in total. The number of rotatable bonds is 4. The van der Waals surface area contributed by atoms with Gasteiger partial charge in [-0.1, -0.05) is 36.4 Å². The predicted molar refractivity (Wildman–Crippen MR) is 86.6 cm³/mol. The van der Waals surface area contributed by atoms with Gasteiger partial charge in [-0.05, 0) is 42.2 Å². The Morgan fingerprint density at radius 2 is 2.10 bits per heavy atom. The summed E-state index contributed by atoms with van der Waals surface area (Å²) in [6, 6.07) is 16.7. The zero-order valence-electron chi connectivity index (χ0n) is 12.2. The number of fused-ring (bicyclic) bond motifs is 1. The van der Waals surface area contributed by atoms with Crippen molar-refractivity contribution in [1.29, 1.82) is 0 Å². The molecule has 2 aromatic carbocycles. The number of thioether (sulfide) groups is 1. The van der Waals surface area contributed by atoms with Gasteiger partial charge in [0.15, 0.2) is 0 Å². The largest absolute Gasteiger partial charge is 0.389 e. The molecule has 0 amide bonds. The molecule has 2 atom stereocenters. The van der Waals surface area contributed by atoms with Crippen molar-refractivity contribution in [2.24, 2.45) is 0 Å². The maximum absolute atomic E-state index is 9.66. The Kier molecular flexibility index (Phi) is 4.63. The van der Waals surface area contributed by atoms with E-state index in [4.69, 9.17) is 4.74 Å². The molecular weight excluding hydrogens is 280 g/mol. The first-order chi connectivity index (χ1) is 10.2. The lowest BCUT2D eigenvalue weighted by molar-refractivity contribution is 0.0588. The van der Waals surface area contributed by atoms with Crippen molar-refractivity contribution in [3.8, 4) is 0 Å². The Labute approximate surface area is 130 Å². The minimum atomic E-state index is -0.419. The summed E-state index contributed by atoms with van der Waals surface area (Å²) in [5.41, 5.74) is 3.69. The summed E-state index contributed by atoms with van der Waals surface area (Å²) in [7, 11) is 0. The van der Waals surface area contributed by atoms with Crippen molar-refractivity contribution in [2.75, 3.05) is 12.4 Å². The molecule has 1 aliphatic rings. The van der Waals surface area contributed by atoms with Crippen LogP contribution in [0.1, 0.15) is 35.8 Å². The minimum Gasteiger partial charge on any atom is -0.389 e. The van der Waals surface area contributed by atoms with Gasteiger partial charge in [0, 0.05) is 10.6 Å².